The molecule has 0 heterocycles. The number of rotatable bonds is 11. The summed E-state index contributed by atoms with van der Waals surface area (Å²) in [6.07, 6.45) is 0. The molecule has 0 aliphatic rings. The van der Waals surface area contributed by atoms with Crippen LogP contribution in [0.2, 0.25) is 0 Å². The summed E-state index contributed by atoms with van der Waals surface area (Å²) in [6, 6.07) is 13.1. The Balaban J connectivity index is 1.78. The lowest BCUT2D eigenvalue weighted by molar-refractivity contribution is 0.399. The number of phenolic OH excluding ortho intramolecular Hbond substituents is 2. The third kappa shape index (κ3) is 6.28. The fourth-order valence-corrected chi connectivity index (χ4v) is 6.20. The zero-order valence-corrected chi connectivity index (χ0v) is 26.2. The monoisotopic (exact) mass is 641 g/mol. The maximum atomic E-state index is 12.4. The van der Waals surface area contributed by atoms with Crippen LogP contribution in [0.4, 0.5) is 28.4 Å². The predicted octanol–water partition coefficient (Wildman–Crippen LogP) is 6.73. The van der Waals surface area contributed by atoms with Crippen LogP contribution in [0.1, 0.15) is 13.8 Å². The van der Waals surface area contributed by atoms with Crippen molar-refractivity contribution >= 4 is 58.9 Å². The van der Waals surface area contributed by atoms with Gasteiger partial charge in [-0.05, 0) is 42.5 Å². The van der Waals surface area contributed by atoms with Crippen LogP contribution in [0.3, 0.4) is 0 Å². The van der Waals surface area contributed by atoms with Crippen molar-refractivity contribution in [1.29, 1.82) is 0 Å². The maximum Gasteiger partial charge on any atom is 0.181 e. The lowest BCUT2D eigenvalue weighted by Crippen LogP contribution is -2.05. The van der Waals surface area contributed by atoms with Crippen molar-refractivity contribution < 1.29 is 36.5 Å². The molecule has 0 aliphatic carbocycles. The third-order valence-corrected chi connectivity index (χ3v) is 10.3. The molecular weight excluding hydrogens is 610 g/mol. The van der Waals surface area contributed by atoms with E-state index in [4.69, 9.17) is 9.47 Å². The van der Waals surface area contributed by atoms with Gasteiger partial charge in [0, 0.05) is 30.0 Å². The van der Waals surface area contributed by atoms with Crippen LogP contribution in [-0.4, -0.2) is 59.8 Å². The Kier molecular flexibility index (Phi) is 9.39. The molecule has 0 bridgehead atoms. The molecule has 0 aromatic heterocycles. The largest absolute Gasteiger partial charge is 0.506 e. The summed E-state index contributed by atoms with van der Waals surface area (Å²) in [4.78, 5) is -0.0923. The van der Waals surface area contributed by atoms with E-state index in [9.17, 15) is 27.0 Å². The van der Waals surface area contributed by atoms with Gasteiger partial charge >= 0.3 is 0 Å². The number of hydrogen-bond donors (Lipinski definition) is 3. The number of fused-ring (bicyclic) bond motifs is 1. The van der Waals surface area contributed by atoms with Gasteiger partial charge in [0.05, 0.1) is 36.3 Å². The second-order valence-electron chi connectivity index (χ2n) is 9.27. The summed E-state index contributed by atoms with van der Waals surface area (Å²) in [5.74, 6) is -0.635. The number of sulfone groups is 2. The highest BCUT2D eigenvalue weighted by atomic mass is 32.2. The van der Waals surface area contributed by atoms with E-state index in [1.165, 1.54) is 51.5 Å². The van der Waals surface area contributed by atoms with E-state index in [-0.39, 0.29) is 49.9 Å². The van der Waals surface area contributed by atoms with Crippen molar-refractivity contribution in [3.63, 3.8) is 0 Å². The molecule has 232 valence electrons. The van der Waals surface area contributed by atoms with Crippen LogP contribution in [-0.2, 0) is 19.7 Å². The van der Waals surface area contributed by atoms with E-state index in [0.29, 0.717) is 27.9 Å². The van der Waals surface area contributed by atoms with E-state index in [2.05, 4.69) is 25.8 Å². The summed E-state index contributed by atoms with van der Waals surface area (Å²) >= 11 is 0. The molecule has 3 N–H and O–H groups in total. The number of aromatic hydroxyl groups is 2. The summed E-state index contributed by atoms with van der Waals surface area (Å²) in [7, 11) is -2.76. The minimum atomic E-state index is -3.68. The van der Waals surface area contributed by atoms with Crippen LogP contribution < -0.4 is 14.8 Å². The van der Waals surface area contributed by atoms with Gasteiger partial charge in [-0.1, -0.05) is 13.8 Å². The molecule has 0 unspecified atom stereocenters. The molecule has 0 aliphatic heterocycles. The summed E-state index contributed by atoms with van der Waals surface area (Å²) in [6.45, 7) is 3.02. The zero-order valence-electron chi connectivity index (χ0n) is 24.6. The van der Waals surface area contributed by atoms with Crippen LogP contribution >= 0.6 is 0 Å². The number of anilines is 1. The number of benzene rings is 4. The standard InChI is InChI=1S/C29H31N5O8S2/c1-6-43(37,38)17-8-13-25(41-4)23(14-17)33-34-28-18-9-12-21(29(36)19(18)10-11-20(28)30-3)31-32-22-15-26(42-5)27(16-24(22)35)44(39,40)7-2/h8-16,30,35-36H,6-7H2,1-5H3/b32-31+,34-33+. The van der Waals surface area contributed by atoms with E-state index < -0.39 is 25.4 Å². The quantitative estimate of drug-likeness (QED) is 0.149. The maximum absolute atomic E-state index is 12.4. The first-order valence-corrected chi connectivity index (χ1v) is 16.6. The molecule has 0 radical (unpaired) electrons. The van der Waals surface area contributed by atoms with Crippen LogP contribution in [0.15, 0.2) is 84.8 Å². The van der Waals surface area contributed by atoms with Crippen LogP contribution in [0.25, 0.3) is 10.8 Å². The van der Waals surface area contributed by atoms with Crippen molar-refractivity contribution in [1.82, 2.24) is 0 Å². The SMILES string of the molecule is CCS(=O)(=O)c1ccc(OC)c(/N=N/c2c(NC)ccc3c(O)c(/N=N/c4cc(OC)c(S(=O)(=O)CC)cc4O)ccc23)c1. The smallest absolute Gasteiger partial charge is 0.181 e. The van der Waals surface area contributed by atoms with Gasteiger partial charge in [-0.3, -0.25) is 0 Å². The molecule has 4 rings (SSSR count). The Morgan fingerprint density at radius 3 is 1.98 bits per heavy atom. The van der Waals surface area contributed by atoms with Crippen LogP contribution in [0, 0.1) is 0 Å². The Hall–Kier alpha value is -4.76. The third-order valence-electron chi connectivity index (χ3n) is 6.78. The Morgan fingerprint density at radius 2 is 1.34 bits per heavy atom. The molecule has 13 nitrogen and oxygen atoms in total. The van der Waals surface area contributed by atoms with E-state index in [1.807, 2.05) is 0 Å². The van der Waals surface area contributed by atoms with E-state index in [0.717, 1.165) is 6.07 Å². The Bertz CT molecular complexity index is 2010. The molecule has 4 aromatic rings. The lowest BCUT2D eigenvalue weighted by Gasteiger charge is -2.11. The number of nitrogens with zero attached hydrogens (tertiary/aromatic N) is 4. The number of phenols is 2. The predicted molar refractivity (Wildman–Crippen MR) is 167 cm³/mol. The summed E-state index contributed by atoms with van der Waals surface area (Å²) in [5, 5.41) is 42.2. The molecule has 44 heavy (non-hydrogen) atoms. The van der Waals surface area contributed by atoms with Gasteiger partial charge < -0.3 is 25.0 Å². The highest BCUT2D eigenvalue weighted by Crippen LogP contribution is 2.44. The Labute approximate surface area is 254 Å². The number of hydrogen-bond acceptors (Lipinski definition) is 13. The average molecular weight is 642 g/mol. The molecule has 0 atom stereocenters. The molecule has 0 saturated carbocycles. The van der Waals surface area contributed by atoms with Gasteiger partial charge in [0.2, 0.25) is 0 Å². The zero-order chi connectivity index (χ0) is 32.2. The van der Waals surface area contributed by atoms with Crippen molar-refractivity contribution in [2.75, 3.05) is 38.1 Å². The summed E-state index contributed by atoms with van der Waals surface area (Å²) < 4.78 is 60.1. The number of nitrogens with one attached hydrogen (secondary N) is 1. The minimum absolute atomic E-state index is 0.00890. The van der Waals surface area contributed by atoms with Gasteiger partial charge in [-0.2, -0.15) is 0 Å². The molecule has 0 fully saturated rings. The second kappa shape index (κ2) is 12.9. The molecule has 15 heteroatoms. The van der Waals surface area contributed by atoms with Gasteiger partial charge in [0.25, 0.3) is 0 Å². The highest BCUT2D eigenvalue weighted by molar-refractivity contribution is 7.91. The highest BCUT2D eigenvalue weighted by Gasteiger charge is 2.21. The van der Waals surface area contributed by atoms with Gasteiger partial charge in [0.1, 0.15) is 44.9 Å². The van der Waals surface area contributed by atoms with Crippen molar-refractivity contribution in [2.24, 2.45) is 20.5 Å². The van der Waals surface area contributed by atoms with Crippen molar-refractivity contribution in [3.05, 3.63) is 54.6 Å². The van der Waals surface area contributed by atoms with Gasteiger partial charge in [-0.25, -0.2) is 16.8 Å². The van der Waals surface area contributed by atoms with Crippen molar-refractivity contribution in [2.45, 2.75) is 23.6 Å². The average Bonchev–Trinajstić information content (AvgIpc) is 3.03. The van der Waals surface area contributed by atoms with Crippen LogP contribution in [0.5, 0.6) is 23.0 Å². The summed E-state index contributed by atoms with van der Waals surface area (Å²) in [5.41, 5.74) is 1.11. The minimum Gasteiger partial charge on any atom is -0.506 e. The fraction of sp³-hybridized carbons (Fsp3) is 0.241. The number of azo groups is 2. The van der Waals surface area contributed by atoms with Crippen molar-refractivity contribution in [3.8, 4) is 23.0 Å². The topological polar surface area (TPSA) is 189 Å². The molecule has 0 spiro atoms. The van der Waals surface area contributed by atoms with E-state index >= 15 is 0 Å². The first-order valence-electron chi connectivity index (χ1n) is 13.2. The van der Waals surface area contributed by atoms with Gasteiger partial charge in [-0.15, -0.1) is 20.5 Å². The molecular formula is C29H31N5O8S2. The Morgan fingerprint density at radius 1 is 0.705 bits per heavy atom. The molecule has 0 saturated heterocycles. The van der Waals surface area contributed by atoms with Gasteiger partial charge in [0.15, 0.2) is 25.4 Å². The molecule has 0 amide bonds. The fourth-order valence-electron chi connectivity index (χ4n) is 4.25. The lowest BCUT2D eigenvalue weighted by atomic mass is 10.1. The second-order valence-corrected chi connectivity index (χ2v) is 13.8. The van der Waals surface area contributed by atoms with E-state index in [1.54, 1.807) is 32.2 Å². The first kappa shape index (κ1) is 32.2. The first-order chi connectivity index (χ1) is 20.9. The number of methoxy groups -OCH3 is 2. The number of ether oxygens (including phenoxy) is 2. The normalized spacial score (nSPS) is 12.3. The molecule has 4 aromatic carbocycles.